The first kappa shape index (κ1) is 16.9. The first-order valence-electron chi connectivity index (χ1n) is 7.28. The van der Waals surface area contributed by atoms with E-state index < -0.39 is 15.3 Å². The number of hydrogen-bond donors (Lipinski definition) is 2. The first-order chi connectivity index (χ1) is 8.81. The van der Waals surface area contributed by atoms with Gasteiger partial charge in [-0.3, -0.25) is 0 Å². The average molecular weight is 291 g/mol. The van der Waals surface area contributed by atoms with E-state index in [1.165, 1.54) is 12.8 Å². The second-order valence-electron chi connectivity index (χ2n) is 5.95. The Morgan fingerprint density at radius 2 is 1.68 bits per heavy atom. The molecule has 0 aromatic carbocycles. The topological polar surface area (TPSA) is 61.4 Å². The van der Waals surface area contributed by atoms with Gasteiger partial charge in [-0.15, -0.1) is 0 Å². The molecule has 0 bridgehead atoms. The highest BCUT2D eigenvalue weighted by Crippen LogP contribution is 2.08. The molecule has 1 rings (SSSR count). The van der Waals surface area contributed by atoms with E-state index in [9.17, 15) is 8.42 Å². The lowest BCUT2D eigenvalue weighted by Crippen LogP contribution is -2.47. The SMILES string of the molecule is CC(C)NCC(C)S(=O)(=O)NC(C)CN1CCCC1. The van der Waals surface area contributed by atoms with E-state index >= 15 is 0 Å². The highest BCUT2D eigenvalue weighted by Gasteiger charge is 2.24. The van der Waals surface area contributed by atoms with Crippen LogP contribution in [-0.2, 0) is 10.0 Å². The number of nitrogens with one attached hydrogen (secondary N) is 2. The summed E-state index contributed by atoms with van der Waals surface area (Å²) >= 11 is 0. The first-order valence-corrected chi connectivity index (χ1v) is 8.82. The summed E-state index contributed by atoms with van der Waals surface area (Å²) in [5.41, 5.74) is 0. The fourth-order valence-corrected chi connectivity index (χ4v) is 3.48. The monoisotopic (exact) mass is 291 g/mol. The summed E-state index contributed by atoms with van der Waals surface area (Å²) in [6, 6.07) is 0.282. The van der Waals surface area contributed by atoms with Crippen molar-refractivity contribution >= 4 is 10.0 Å². The van der Waals surface area contributed by atoms with Crippen molar-refractivity contribution < 1.29 is 8.42 Å². The summed E-state index contributed by atoms with van der Waals surface area (Å²) in [6.07, 6.45) is 2.46. The second-order valence-corrected chi connectivity index (χ2v) is 8.08. The Morgan fingerprint density at radius 1 is 1.11 bits per heavy atom. The fraction of sp³-hybridized carbons (Fsp3) is 1.00. The molecule has 1 heterocycles. The van der Waals surface area contributed by atoms with Gasteiger partial charge in [-0.25, -0.2) is 13.1 Å². The quantitative estimate of drug-likeness (QED) is 0.694. The Labute approximate surface area is 118 Å². The van der Waals surface area contributed by atoms with Crippen LogP contribution < -0.4 is 10.0 Å². The number of nitrogens with zero attached hydrogens (tertiary/aromatic N) is 1. The molecular weight excluding hydrogens is 262 g/mol. The molecular formula is C13H29N3O2S. The van der Waals surface area contributed by atoms with E-state index in [4.69, 9.17) is 0 Å². The third-order valence-electron chi connectivity index (χ3n) is 3.44. The minimum absolute atomic E-state index is 0.0235. The van der Waals surface area contributed by atoms with E-state index in [2.05, 4.69) is 14.9 Å². The van der Waals surface area contributed by atoms with Gasteiger partial charge in [0.2, 0.25) is 10.0 Å². The van der Waals surface area contributed by atoms with Crippen molar-refractivity contribution in [2.75, 3.05) is 26.2 Å². The van der Waals surface area contributed by atoms with Gasteiger partial charge < -0.3 is 10.2 Å². The van der Waals surface area contributed by atoms with Crippen LogP contribution in [0.25, 0.3) is 0 Å². The Balaban J connectivity index is 2.39. The van der Waals surface area contributed by atoms with E-state index in [-0.39, 0.29) is 6.04 Å². The molecule has 6 heteroatoms. The summed E-state index contributed by atoms with van der Waals surface area (Å²) in [4.78, 5) is 2.32. The van der Waals surface area contributed by atoms with Crippen molar-refractivity contribution in [1.29, 1.82) is 0 Å². The molecule has 1 saturated heterocycles. The molecule has 1 aliphatic rings. The molecule has 0 amide bonds. The van der Waals surface area contributed by atoms with Gasteiger partial charge in [0, 0.05) is 25.2 Å². The molecule has 1 aliphatic heterocycles. The zero-order chi connectivity index (χ0) is 14.5. The molecule has 1 fully saturated rings. The Kier molecular flexibility index (Phi) is 6.73. The van der Waals surface area contributed by atoms with Crippen LogP contribution in [-0.4, -0.2) is 56.8 Å². The third kappa shape index (κ3) is 6.21. The van der Waals surface area contributed by atoms with Crippen LogP contribution in [0.4, 0.5) is 0 Å². The lowest BCUT2D eigenvalue weighted by Gasteiger charge is -2.23. The van der Waals surface area contributed by atoms with E-state index in [1.54, 1.807) is 6.92 Å². The van der Waals surface area contributed by atoms with Crippen LogP contribution in [0.1, 0.15) is 40.5 Å². The average Bonchev–Trinajstić information content (AvgIpc) is 2.77. The minimum atomic E-state index is -3.24. The van der Waals surface area contributed by atoms with Crippen LogP contribution in [0.5, 0.6) is 0 Å². The van der Waals surface area contributed by atoms with Crippen molar-refractivity contribution in [3.63, 3.8) is 0 Å². The Hall–Kier alpha value is -0.170. The van der Waals surface area contributed by atoms with Crippen molar-refractivity contribution in [1.82, 2.24) is 14.9 Å². The maximum Gasteiger partial charge on any atom is 0.215 e. The molecule has 2 unspecified atom stereocenters. The summed E-state index contributed by atoms with van der Waals surface area (Å²) in [6.45, 7) is 11.2. The molecule has 2 atom stereocenters. The van der Waals surface area contributed by atoms with Gasteiger partial charge in [-0.1, -0.05) is 13.8 Å². The number of likely N-dealkylation sites (tertiary alicyclic amines) is 1. The molecule has 0 aromatic rings. The van der Waals surface area contributed by atoms with E-state index in [1.807, 2.05) is 20.8 Å². The Bertz CT molecular complexity index is 351. The molecule has 0 saturated carbocycles. The third-order valence-corrected chi connectivity index (χ3v) is 5.40. The van der Waals surface area contributed by atoms with Crippen molar-refractivity contribution in [2.24, 2.45) is 0 Å². The zero-order valence-corrected chi connectivity index (χ0v) is 13.5. The van der Waals surface area contributed by atoms with Gasteiger partial charge >= 0.3 is 0 Å². The highest BCUT2D eigenvalue weighted by atomic mass is 32.2. The van der Waals surface area contributed by atoms with Crippen molar-refractivity contribution in [3.05, 3.63) is 0 Å². The van der Waals surface area contributed by atoms with Crippen LogP contribution in [0.2, 0.25) is 0 Å². The highest BCUT2D eigenvalue weighted by molar-refractivity contribution is 7.90. The lowest BCUT2D eigenvalue weighted by molar-refractivity contribution is 0.312. The standard InChI is InChI=1S/C13H29N3O2S/c1-11(2)14-9-13(4)19(17,18)15-12(3)10-16-7-5-6-8-16/h11-15H,5-10H2,1-4H3. The fourth-order valence-electron chi connectivity index (χ4n) is 2.30. The molecule has 0 radical (unpaired) electrons. The molecule has 0 aliphatic carbocycles. The smallest absolute Gasteiger partial charge is 0.215 e. The van der Waals surface area contributed by atoms with Gasteiger partial charge in [0.25, 0.3) is 0 Å². The normalized spacial score (nSPS) is 20.9. The Morgan fingerprint density at radius 3 is 2.21 bits per heavy atom. The van der Waals surface area contributed by atoms with E-state index in [0.29, 0.717) is 12.6 Å². The van der Waals surface area contributed by atoms with Gasteiger partial charge in [0.1, 0.15) is 0 Å². The predicted octanol–water partition coefficient (Wildman–Crippen LogP) is 0.777. The summed E-state index contributed by atoms with van der Waals surface area (Å²) < 4.78 is 27.1. The predicted molar refractivity (Wildman–Crippen MR) is 79.8 cm³/mol. The number of sulfonamides is 1. The van der Waals surface area contributed by atoms with Crippen LogP contribution in [0.15, 0.2) is 0 Å². The van der Waals surface area contributed by atoms with Gasteiger partial charge in [0.05, 0.1) is 5.25 Å². The van der Waals surface area contributed by atoms with Gasteiger partial charge in [-0.2, -0.15) is 0 Å². The minimum Gasteiger partial charge on any atom is -0.313 e. The largest absolute Gasteiger partial charge is 0.313 e. The lowest BCUT2D eigenvalue weighted by atomic mass is 10.3. The van der Waals surface area contributed by atoms with E-state index in [0.717, 1.165) is 19.6 Å². The number of hydrogen-bond acceptors (Lipinski definition) is 4. The van der Waals surface area contributed by atoms with Crippen molar-refractivity contribution in [3.8, 4) is 0 Å². The van der Waals surface area contributed by atoms with Crippen molar-refractivity contribution in [2.45, 2.75) is 57.9 Å². The molecule has 19 heavy (non-hydrogen) atoms. The molecule has 0 aromatic heterocycles. The summed E-state index contributed by atoms with van der Waals surface area (Å²) in [7, 11) is -3.24. The van der Waals surface area contributed by atoms with Crippen LogP contribution >= 0.6 is 0 Å². The number of rotatable bonds is 8. The van der Waals surface area contributed by atoms with Crippen LogP contribution in [0, 0.1) is 0 Å². The molecule has 2 N–H and O–H groups in total. The molecule has 0 spiro atoms. The summed E-state index contributed by atoms with van der Waals surface area (Å²) in [5, 5.41) is 2.76. The second kappa shape index (κ2) is 7.57. The zero-order valence-electron chi connectivity index (χ0n) is 12.6. The van der Waals surface area contributed by atoms with Gasteiger partial charge in [0.15, 0.2) is 0 Å². The maximum absolute atomic E-state index is 12.2. The van der Waals surface area contributed by atoms with Crippen LogP contribution in [0.3, 0.4) is 0 Å². The van der Waals surface area contributed by atoms with Gasteiger partial charge in [-0.05, 0) is 39.8 Å². The maximum atomic E-state index is 12.2. The summed E-state index contributed by atoms with van der Waals surface area (Å²) in [5.74, 6) is 0. The molecule has 5 nitrogen and oxygen atoms in total. The molecule has 114 valence electrons.